The number of carbonyl (C=O) groups is 1. The molecule has 0 bridgehead atoms. The molecule has 0 aromatic heterocycles. The predicted molar refractivity (Wildman–Crippen MR) is 35.7 cm³/mol. The summed E-state index contributed by atoms with van der Waals surface area (Å²) in [5.41, 5.74) is 0. The zero-order valence-corrected chi connectivity index (χ0v) is 5.80. The SMILES string of the molecule is CC1CC=NN1C(=O)Cl. The van der Waals surface area contributed by atoms with Crippen molar-refractivity contribution in [1.82, 2.24) is 5.01 Å². The molecule has 4 heteroatoms. The van der Waals surface area contributed by atoms with Gasteiger partial charge in [-0.1, -0.05) is 0 Å². The topological polar surface area (TPSA) is 32.7 Å². The van der Waals surface area contributed by atoms with E-state index in [1.54, 1.807) is 6.21 Å². The number of amides is 1. The van der Waals surface area contributed by atoms with Crippen LogP contribution in [0.25, 0.3) is 0 Å². The van der Waals surface area contributed by atoms with E-state index in [9.17, 15) is 4.79 Å². The van der Waals surface area contributed by atoms with E-state index in [1.807, 2.05) is 6.92 Å². The van der Waals surface area contributed by atoms with E-state index < -0.39 is 5.37 Å². The molecule has 0 radical (unpaired) electrons. The largest absolute Gasteiger partial charge is 0.336 e. The molecule has 0 spiro atoms. The minimum atomic E-state index is -0.503. The lowest BCUT2D eigenvalue weighted by atomic mass is 10.3. The molecule has 50 valence electrons. The summed E-state index contributed by atoms with van der Waals surface area (Å²) >= 11 is 5.15. The van der Waals surface area contributed by atoms with Gasteiger partial charge in [0.15, 0.2) is 0 Å². The minimum absolute atomic E-state index is 0.134. The second-order valence-corrected chi connectivity index (χ2v) is 2.30. The lowest BCUT2D eigenvalue weighted by Gasteiger charge is -2.12. The van der Waals surface area contributed by atoms with E-state index in [4.69, 9.17) is 11.6 Å². The van der Waals surface area contributed by atoms with E-state index in [0.29, 0.717) is 0 Å². The summed E-state index contributed by atoms with van der Waals surface area (Å²) in [6, 6.07) is 0.134. The highest BCUT2D eigenvalue weighted by Crippen LogP contribution is 2.11. The highest BCUT2D eigenvalue weighted by atomic mass is 35.5. The van der Waals surface area contributed by atoms with Crippen molar-refractivity contribution in [3.63, 3.8) is 0 Å². The Bertz CT molecular complexity index is 157. The maximum Gasteiger partial charge on any atom is 0.336 e. The van der Waals surface area contributed by atoms with Crippen LogP contribution in [0.5, 0.6) is 0 Å². The van der Waals surface area contributed by atoms with Crippen LogP contribution in [0.1, 0.15) is 13.3 Å². The van der Waals surface area contributed by atoms with Crippen LogP contribution in [0.15, 0.2) is 5.10 Å². The third-order valence-corrected chi connectivity index (χ3v) is 1.42. The molecular weight excluding hydrogens is 140 g/mol. The van der Waals surface area contributed by atoms with Crippen molar-refractivity contribution in [1.29, 1.82) is 0 Å². The first kappa shape index (κ1) is 6.55. The zero-order chi connectivity index (χ0) is 6.85. The summed E-state index contributed by atoms with van der Waals surface area (Å²) in [5.74, 6) is 0. The fourth-order valence-electron chi connectivity index (χ4n) is 0.720. The van der Waals surface area contributed by atoms with Crippen LogP contribution in [0, 0.1) is 0 Å². The summed E-state index contributed by atoms with van der Waals surface area (Å²) < 4.78 is 0. The lowest BCUT2D eigenvalue weighted by molar-refractivity contribution is 0.214. The number of rotatable bonds is 0. The van der Waals surface area contributed by atoms with Crippen LogP contribution in [0.3, 0.4) is 0 Å². The lowest BCUT2D eigenvalue weighted by Crippen LogP contribution is -2.25. The van der Waals surface area contributed by atoms with Crippen molar-refractivity contribution in [2.24, 2.45) is 5.10 Å². The number of hydrogen-bond donors (Lipinski definition) is 0. The van der Waals surface area contributed by atoms with Crippen molar-refractivity contribution in [3.8, 4) is 0 Å². The standard InChI is InChI=1S/C5H7ClN2O/c1-4-2-3-7-8(4)5(6)9/h3-4H,2H2,1H3. The van der Waals surface area contributed by atoms with Crippen molar-refractivity contribution < 1.29 is 4.79 Å². The van der Waals surface area contributed by atoms with E-state index in [0.717, 1.165) is 6.42 Å². The van der Waals surface area contributed by atoms with E-state index in [2.05, 4.69) is 5.10 Å². The molecule has 3 nitrogen and oxygen atoms in total. The Morgan fingerprint density at radius 3 is 2.89 bits per heavy atom. The molecular formula is C5H7ClN2O. The molecule has 1 heterocycles. The Kier molecular flexibility index (Phi) is 1.71. The molecule has 1 aliphatic heterocycles. The number of hydrogen-bond acceptors (Lipinski definition) is 2. The third-order valence-electron chi connectivity index (χ3n) is 1.25. The zero-order valence-electron chi connectivity index (χ0n) is 5.04. The highest BCUT2D eigenvalue weighted by molar-refractivity contribution is 6.62. The molecule has 0 aromatic carbocycles. The molecule has 0 saturated carbocycles. The van der Waals surface area contributed by atoms with Gasteiger partial charge in [-0.2, -0.15) is 5.10 Å². The third kappa shape index (κ3) is 1.21. The highest BCUT2D eigenvalue weighted by Gasteiger charge is 2.20. The Morgan fingerprint density at radius 2 is 2.67 bits per heavy atom. The van der Waals surface area contributed by atoms with Crippen molar-refractivity contribution in [2.75, 3.05) is 0 Å². The van der Waals surface area contributed by atoms with Gasteiger partial charge in [-0.05, 0) is 18.5 Å². The van der Waals surface area contributed by atoms with Gasteiger partial charge in [0.25, 0.3) is 0 Å². The second kappa shape index (κ2) is 2.35. The molecule has 0 saturated heterocycles. The van der Waals surface area contributed by atoms with Crippen LogP contribution >= 0.6 is 11.6 Å². The molecule has 1 amide bonds. The van der Waals surface area contributed by atoms with Gasteiger partial charge in [0.2, 0.25) is 0 Å². The van der Waals surface area contributed by atoms with Crippen molar-refractivity contribution in [2.45, 2.75) is 19.4 Å². The summed E-state index contributed by atoms with van der Waals surface area (Å²) in [4.78, 5) is 10.4. The number of hydrazone groups is 1. The average molecular weight is 147 g/mol. The Balaban J connectivity index is 2.59. The Hall–Kier alpha value is -0.570. The van der Waals surface area contributed by atoms with Gasteiger partial charge in [0, 0.05) is 12.6 Å². The number of halogens is 1. The summed E-state index contributed by atoms with van der Waals surface area (Å²) in [6.45, 7) is 1.90. The van der Waals surface area contributed by atoms with E-state index in [1.165, 1.54) is 5.01 Å². The maximum absolute atomic E-state index is 10.4. The van der Waals surface area contributed by atoms with Crippen LogP contribution in [-0.4, -0.2) is 22.6 Å². The first-order chi connectivity index (χ1) is 4.22. The molecule has 1 unspecified atom stereocenters. The summed E-state index contributed by atoms with van der Waals surface area (Å²) in [7, 11) is 0. The monoisotopic (exact) mass is 146 g/mol. The van der Waals surface area contributed by atoms with Crippen LogP contribution in [-0.2, 0) is 0 Å². The van der Waals surface area contributed by atoms with E-state index in [-0.39, 0.29) is 6.04 Å². The summed E-state index contributed by atoms with van der Waals surface area (Å²) in [5, 5.41) is 4.51. The Labute approximate surface area is 58.3 Å². The first-order valence-electron chi connectivity index (χ1n) is 2.73. The Morgan fingerprint density at radius 1 is 2.00 bits per heavy atom. The van der Waals surface area contributed by atoms with Crippen molar-refractivity contribution in [3.05, 3.63) is 0 Å². The van der Waals surface area contributed by atoms with Gasteiger partial charge in [-0.15, -0.1) is 0 Å². The van der Waals surface area contributed by atoms with Gasteiger partial charge in [-0.3, -0.25) is 4.79 Å². The van der Waals surface area contributed by atoms with Gasteiger partial charge in [-0.25, -0.2) is 5.01 Å². The summed E-state index contributed by atoms with van der Waals surface area (Å²) in [6.07, 6.45) is 2.49. The number of nitrogens with zero attached hydrogens (tertiary/aromatic N) is 2. The molecule has 0 N–H and O–H groups in total. The van der Waals surface area contributed by atoms with Gasteiger partial charge >= 0.3 is 5.37 Å². The second-order valence-electron chi connectivity index (χ2n) is 1.98. The molecule has 0 aliphatic carbocycles. The smallest absolute Gasteiger partial charge is 0.253 e. The number of carbonyl (C=O) groups excluding carboxylic acids is 1. The first-order valence-corrected chi connectivity index (χ1v) is 3.10. The van der Waals surface area contributed by atoms with Gasteiger partial charge in [0.1, 0.15) is 0 Å². The predicted octanol–water partition coefficient (Wildman–Crippen LogP) is 1.43. The maximum atomic E-state index is 10.4. The average Bonchev–Trinajstić information content (AvgIpc) is 2.13. The van der Waals surface area contributed by atoms with Crippen LogP contribution in [0.4, 0.5) is 4.79 Å². The normalized spacial score (nSPS) is 25.1. The van der Waals surface area contributed by atoms with Crippen molar-refractivity contribution >= 4 is 23.2 Å². The molecule has 1 rings (SSSR count). The molecule has 9 heavy (non-hydrogen) atoms. The molecule has 0 aromatic rings. The fraction of sp³-hybridized carbons (Fsp3) is 0.600. The van der Waals surface area contributed by atoms with Gasteiger partial charge in [0.05, 0.1) is 6.04 Å². The molecule has 0 fully saturated rings. The van der Waals surface area contributed by atoms with Crippen LogP contribution < -0.4 is 0 Å². The van der Waals surface area contributed by atoms with Gasteiger partial charge < -0.3 is 0 Å². The molecule has 1 aliphatic rings. The quantitative estimate of drug-likeness (QED) is 0.376. The van der Waals surface area contributed by atoms with E-state index >= 15 is 0 Å². The fourth-order valence-corrected chi connectivity index (χ4v) is 0.930. The molecule has 1 atom stereocenters. The van der Waals surface area contributed by atoms with Crippen LogP contribution in [0.2, 0.25) is 0 Å². The minimum Gasteiger partial charge on any atom is -0.253 e.